The van der Waals surface area contributed by atoms with E-state index < -0.39 is 9.53 Å². The molecular weight excluding hydrogens is 208 g/mol. The fourth-order valence-corrected chi connectivity index (χ4v) is 2.63. The Balaban J connectivity index is 4.23. The minimum Gasteiger partial charge on any atom is -0.373 e. The molecule has 92 valence electrons. The molecule has 0 N–H and O–H groups in total. The molecule has 15 heavy (non-hydrogen) atoms. The number of rotatable bonds is 7. The minimum absolute atomic E-state index is 0.152. The smallest absolute Gasteiger partial charge is 0.373 e. The lowest BCUT2D eigenvalue weighted by Gasteiger charge is -2.30. The van der Waals surface area contributed by atoms with Crippen molar-refractivity contribution in [3.63, 3.8) is 0 Å². The van der Waals surface area contributed by atoms with Crippen LogP contribution in [0.1, 0.15) is 54.9 Å². The fourth-order valence-electron chi connectivity index (χ4n) is 0.876. The molecule has 0 rings (SSSR count). The third-order valence-electron chi connectivity index (χ3n) is 2.03. The summed E-state index contributed by atoms with van der Waals surface area (Å²) in [7, 11) is -1.99. The van der Waals surface area contributed by atoms with Crippen molar-refractivity contribution in [2.45, 2.75) is 72.7 Å². The first-order chi connectivity index (χ1) is 6.76. The van der Waals surface area contributed by atoms with Crippen molar-refractivity contribution < 1.29 is 13.3 Å². The largest absolute Gasteiger partial charge is 0.485 e. The number of hydrogen-bond donors (Lipinski definition) is 0. The Morgan fingerprint density at radius 1 is 1.00 bits per heavy atom. The van der Waals surface area contributed by atoms with Crippen LogP contribution in [-0.4, -0.2) is 27.3 Å². The molecule has 0 radical (unpaired) electrons. The van der Waals surface area contributed by atoms with Crippen molar-refractivity contribution in [1.82, 2.24) is 0 Å². The van der Waals surface area contributed by atoms with Gasteiger partial charge in [-0.2, -0.15) is 0 Å². The third kappa shape index (κ3) is 7.96. The highest BCUT2D eigenvalue weighted by atomic mass is 28.3. The predicted molar refractivity (Wildman–Crippen MR) is 65.0 cm³/mol. The van der Waals surface area contributed by atoms with Gasteiger partial charge in [-0.1, -0.05) is 6.92 Å². The maximum absolute atomic E-state index is 5.90. The van der Waals surface area contributed by atoms with Gasteiger partial charge in [-0.25, -0.2) is 0 Å². The molecule has 0 aliphatic rings. The van der Waals surface area contributed by atoms with Crippen LogP contribution in [0, 0.1) is 0 Å². The Morgan fingerprint density at radius 3 is 1.67 bits per heavy atom. The highest BCUT2D eigenvalue weighted by Crippen LogP contribution is 2.17. The normalized spacial score (nSPS) is 13.2. The van der Waals surface area contributed by atoms with E-state index in [0.717, 1.165) is 6.42 Å². The Hall–Kier alpha value is 0.0969. The van der Waals surface area contributed by atoms with Crippen LogP contribution >= 0.6 is 0 Å². The van der Waals surface area contributed by atoms with E-state index >= 15 is 0 Å². The fraction of sp³-hybridized carbons (Fsp3) is 1.00. The Labute approximate surface area is 96.1 Å². The van der Waals surface area contributed by atoms with Crippen molar-refractivity contribution >= 4 is 9.53 Å². The first-order valence-corrected chi connectivity index (χ1v) is 7.17. The van der Waals surface area contributed by atoms with Crippen LogP contribution in [0.5, 0.6) is 0 Å². The summed E-state index contributed by atoms with van der Waals surface area (Å²) in [5.74, 6) is 0. The summed E-state index contributed by atoms with van der Waals surface area (Å²) in [5, 5.41) is 0. The van der Waals surface area contributed by atoms with Gasteiger partial charge in [0, 0.05) is 12.2 Å². The molecule has 0 aromatic carbocycles. The summed E-state index contributed by atoms with van der Waals surface area (Å²) in [6, 6.07) is 0. The lowest BCUT2D eigenvalue weighted by molar-refractivity contribution is -0.0125. The monoisotopic (exact) mass is 234 g/mol. The van der Waals surface area contributed by atoms with Crippen molar-refractivity contribution in [3.8, 4) is 0 Å². The van der Waals surface area contributed by atoms with Gasteiger partial charge in [-0.15, -0.1) is 0 Å². The molecule has 0 bridgehead atoms. The van der Waals surface area contributed by atoms with E-state index in [-0.39, 0.29) is 17.8 Å². The second kappa shape index (κ2) is 6.63. The van der Waals surface area contributed by atoms with Crippen molar-refractivity contribution in [3.05, 3.63) is 0 Å². The summed E-state index contributed by atoms with van der Waals surface area (Å²) in [5.41, 5.74) is -0.152. The summed E-state index contributed by atoms with van der Waals surface area (Å²) >= 11 is 0. The van der Waals surface area contributed by atoms with Crippen LogP contribution in [0.2, 0.25) is 0 Å². The molecule has 3 nitrogen and oxygen atoms in total. The molecule has 0 amide bonds. The van der Waals surface area contributed by atoms with Crippen molar-refractivity contribution in [2.75, 3.05) is 0 Å². The summed E-state index contributed by atoms with van der Waals surface area (Å²) in [6.45, 7) is 14.3. The van der Waals surface area contributed by atoms with E-state index in [9.17, 15) is 0 Å². The first-order valence-electron chi connectivity index (χ1n) is 5.75. The SMILES string of the molecule is CCC(C)(C)O[SiH](OC(C)C)OC(C)C. The molecule has 0 saturated heterocycles. The summed E-state index contributed by atoms with van der Waals surface area (Å²) in [4.78, 5) is 0. The maximum Gasteiger partial charge on any atom is 0.485 e. The zero-order valence-electron chi connectivity index (χ0n) is 11.2. The standard InChI is InChI=1S/C11H26O3Si/c1-8-11(6,7)14-15(12-9(2)3)13-10(4)5/h9-10,15H,8H2,1-7H3. The molecule has 0 aromatic rings. The van der Waals surface area contributed by atoms with Crippen LogP contribution < -0.4 is 0 Å². The van der Waals surface area contributed by atoms with Crippen LogP contribution in [0.25, 0.3) is 0 Å². The highest BCUT2D eigenvalue weighted by molar-refractivity contribution is 6.36. The average Bonchev–Trinajstić information content (AvgIpc) is 2.00. The van der Waals surface area contributed by atoms with E-state index in [0.29, 0.717) is 0 Å². The second-order valence-corrected chi connectivity index (χ2v) is 6.25. The molecular formula is C11H26O3Si. The molecule has 0 saturated carbocycles. The van der Waals surface area contributed by atoms with E-state index in [1.807, 2.05) is 27.7 Å². The van der Waals surface area contributed by atoms with Gasteiger partial charge in [0.1, 0.15) is 0 Å². The van der Waals surface area contributed by atoms with Gasteiger partial charge in [-0.3, -0.25) is 0 Å². The van der Waals surface area contributed by atoms with Crippen molar-refractivity contribution in [2.24, 2.45) is 0 Å². The highest BCUT2D eigenvalue weighted by Gasteiger charge is 2.27. The van der Waals surface area contributed by atoms with E-state index in [4.69, 9.17) is 13.3 Å². The topological polar surface area (TPSA) is 27.7 Å². The Morgan fingerprint density at radius 2 is 1.40 bits per heavy atom. The lowest BCUT2D eigenvalue weighted by Crippen LogP contribution is -2.40. The Kier molecular flexibility index (Phi) is 6.67. The Bertz CT molecular complexity index is 159. The molecule has 0 aromatic heterocycles. The van der Waals surface area contributed by atoms with E-state index in [1.165, 1.54) is 0 Å². The molecule has 4 heteroatoms. The minimum atomic E-state index is -1.99. The maximum atomic E-state index is 5.90. The zero-order valence-corrected chi connectivity index (χ0v) is 12.3. The van der Waals surface area contributed by atoms with Gasteiger partial charge < -0.3 is 13.3 Å². The summed E-state index contributed by atoms with van der Waals surface area (Å²) < 4.78 is 17.3. The zero-order chi connectivity index (χ0) is 12.1. The van der Waals surface area contributed by atoms with Gasteiger partial charge in [0.2, 0.25) is 0 Å². The van der Waals surface area contributed by atoms with Crippen LogP contribution in [-0.2, 0) is 13.3 Å². The van der Waals surface area contributed by atoms with Gasteiger partial charge in [0.25, 0.3) is 0 Å². The number of hydrogen-bond acceptors (Lipinski definition) is 3. The van der Waals surface area contributed by atoms with Gasteiger partial charge in [0.15, 0.2) is 0 Å². The van der Waals surface area contributed by atoms with Crippen molar-refractivity contribution in [1.29, 1.82) is 0 Å². The molecule has 0 aliphatic heterocycles. The molecule has 0 atom stereocenters. The van der Waals surface area contributed by atoms with Crippen LogP contribution in [0.4, 0.5) is 0 Å². The lowest BCUT2D eigenvalue weighted by atomic mass is 10.1. The molecule has 0 unspecified atom stereocenters. The van der Waals surface area contributed by atoms with Gasteiger partial charge in [0.05, 0.1) is 5.60 Å². The first kappa shape index (κ1) is 15.1. The van der Waals surface area contributed by atoms with Crippen LogP contribution in [0.15, 0.2) is 0 Å². The molecule has 0 spiro atoms. The van der Waals surface area contributed by atoms with Gasteiger partial charge >= 0.3 is 9.53 Å². The van der Waals surface area contributed by atoms with Crippen LogP contribution in [0.3, 0.4) is 0 Å². The predicted octanol–water partition coefficient (Wildman–Crippen LogP) is 2.76. The molecule has 0 heterocycles. The molecule has 0 aliphatic carbocycles. The summed E-state index contributed by atoms with van der Waals surface area (Å²) in [6.07, 6.45) is 1.28. The third-order valence-corrected chi connectivity index (χ3v) is 4.40. The van der Waals surface area contributed by atoms with E-state index in [2.05, 4.69) is 20.8 Å². The second-order valence-electron chi connectivity index (χ2n) is 4.89. The quantitative estimate of drug-likeness (QED) is 0.634. The van der Waals surface area contributed by atoms with E-state index in [1.54, 1.807) is 0 Å². The average molecular weight is 234 g/mol. The molecule has 0 fully saturated rings. The van der Waals surface area contributed by atoms with Gasteiger partial charge in [-0.05, 0) is 48.0 Å².